The van der Waals surface area contributed by atoms with Gasteiger partial charge in [0.2, 0.25) is 5.82 Å². The molecule has 0 unspecified atom stereocenters. The van der Waals surface area contributed by atoms with E-state index >= 15 is 0 Å². The van der Waals surface area contributed by atoms with Crippen LogP contribution in [0.1, 0.15) is 40.6 Å². The molecule has 0 radical (unpaired) electrons. The van der Waals surface area contributed by atoms with E-state index in [-0.39, 0.29) is 5.69 Å². The zero-order valence-corrected chi connectivity index (χ0v) is 15.3. The van der Waals surface area contributed by atoms with Crippen LogP contribution in [-0.2, 0) is 22.4 Å². The number of benzene rings is 1. The molecule has 1 N–H and O–H groups in total. The number of fused-ring (bicyclic) bond motifs is 1. The average molecular weight is 392 g/mol. The quantitative estimate of drug-likeness (QED) is 0.473. The number of ether oxygens (including phenoxy) is 1. The fourth-order valence-electron chi connectivity index (χ4n) is 2.92. The zero-order valence-electron chi connectivity index (χ0n) is 14.5. The van der Waals surface area contributed by atoms with Gasteiger partial charge >= 0.3 is 11.7 Å². The monoisotopic (exact) mass is 392 g/mol. The van der Waals surface area contributed by atoms with E-state index in [0.29, 0.717) is 5.56 Å². The van der Waals surface area contributed by atoms with E-state index in [9.17, 15) is 24.1 Å². The number of halogens is 1. The third-order valence-electron chi connectivity index (χ3n) is 4.34. The van der Waals surface area contributed by atoms with Crippen LogP contribution in [0.2, 0.25) is 0 Å². The van der Waals surface area contributed by atoms with Crippen LogP contribution in [-0.4, -0.2) is 22.9 Å². The number of anilines is 1. The Morgan fingerprint density at radius 3 is 2.81 bits per heavy atom. The summed E-state index contributed by atoms with van der Waals surface area (Å²) in [6.45, 7) is 1.41. The summed E-state index contributed by atoms with van der Waals surface area (Å²) in [5.74, 6) is -2.23. The minimum atomic E-state index is -1.11. The van der Waals surface area contributed by atoms with Crippen LogP contribution in [0.4, 0.5) is 15.8 Å². The Labute approximate surface area is 158 Å². The van der Waals surface area contributed by atoms with Crippen LogP contribution in [0.15, 0.2) is 23.6 Å². The van der Waals surface area contributed by atoms with Crippen LogP contribution < -0.4 is 5.32 Å². The van der Waals surface area contributed by atoms with Crippen molar-refractivity contribution < 1.29 is 23.6 Å². The summed E-state index contributed by atoms with van der Waals surface area (Å²) >= 11 is 1.52. The van der Waals surface area contributed by atoms with E-state index in [1.165, 1.54) is 29.2 Å². The van der Waals surface area contributed by atoms with Gasteiger partial charge in [-0.2, -0.15) is 4.39 Å². The van der Waals surface area contributed by atoms with E-state index in [4.69, 9.17) is 4.74 Å². The molecule has 0 aliphatic heterocycles. The number of rotatable bonds is 5. The number of esters is 1. The summed E-state index contributed by atoms with van der Waals surface area (Å²) in [6.07, 6.45) is 2.78. The maximum Gasteiger partial charge on any atom is 0.340 e. The summed E-state index contributed by atoms with van der Waals surface area (Å²) in [6, 6.07) is 3.00. The van der Waals surface area contributed by atoms with E-state index in [1.54, 1.807) is 5.38 Å². The van der Waals surface area contributed by atoms with Crippen LogP contribution in [0, 0.1) is 15.9 Å². The smallest absolute Gasteiger partial charge is 0.340 e. The number of thiophene rings is 1. The normalized spacial score (nSPS) is 14.1. The Kier molecular flexibility index (Phi) is 5.50. The summed E-state index contributed by atoms with van der Waals surface area (Å²) < 4.78 is 18.6. The molecule has 9 heteroatoms. The summed E-state index contributed by atoms with van der Waals surface area (Å²) in [4.78, 5) is 35.7. The van der Waals surface area contributed by atoms with Gasteiger partial charge in [-0.25, -0.2) is 4.79 Å². The Balaban J connectivity index is 1.66. The number of hydrogen-bond acceptors (Lipinski definition) is 6. The first-order valence-electron chi connectivity index (χ1n) is 8.42. The van der Waals surface area contributed by atoms with Gasteiger partial charge in [-0.1, -0.05) is 0 Å². The summed E-state index contributed by atoms with van der Waals surface area (Å²) in [5, 5.41) is 14.9. The Morgan fingerprint density at radius 2 is 2.07 bits per heavy atom. The van der Waals surface area contributed by atoms with Crippen LogP contribution in [0.3, 0.4) is 0 Å². The molecule has 0 spiro atoms. The molecule has 1 heterocycles. The number of carbonyl (C=O) groups is 2. The predicted molar refractivity (Wildman–Crippen MR) is 97.5 cm³/mol. The number of hydrogen-bond donors (Lipinski definition) is 1. The average Bonchev–Trinajstić information content (AvgIpc) is 3.07. The molecule has 1 aliphatic carbocycles. The number of aryl methyl sites for hydroxylation is 1. The van der Waals surface area contributed by atoms with Crippen molar-refractivity contribution in [2.45, 2.75) is 38.7 Å². The number of carbonyl (C=O) groups excluding carboxylic acids is 2. The van der Waals surface area contributed by atoms with Crippen molar-refractivity contribution in [2.24, 2.45) is 0 Å². The van der Waals surface area contributed by atoms with Gasteiger partial charge in [-0.15, -0.1) is 11.3 Å². The molecule has 7 nitrogen and oxygen atoms in total. The topological polar surface area (TPSA) is 98.5 Å². The van der Waals surface area contributed by atoms with Crippen molar-refractivity contribution in [3.63, 3.8) is 0 Å². The molecular weight excluding hydrogens is 375 g/mol. The number of nitrogens with zero attached hydrogens (tertiary/aromatic N) is 1. The summed E-state index contributed by atoms with van der Waals surface area (Å²) in [5.41, 5.74) is 0.788. The van der Waals surface area contributed by atoms with Crippen LogP contribution in [0.5, 0.6) is 0 Å². The lowest BCUT2D eigenvalue weighted by atomic mass is 9.96. The van der Waals surface area contributed by atoms with Crippen molar-refractivity contribution >= 4 is 34.6 Å². The minimum Gasteiger partial charge on any atom is -0.449 e. The van der Waals surface area contributed by atoms with Gasteiger partial charge in [0.05, 0.1) is 10.5 Å². The molecule has 0 saturated carbocycles. The van der Waals surface area contributed by atoms with Crippen molar-refractivity contribution in [1.29, 1.82) is 0 Å². The predicted octanol–water partition coefficient (Wildman–Crippen LogP) is 3.86. The van der Waals surface area contributed by atoms with Gasteiger partial charge < -0.3 is 10.1 Å². The van der Waals surface area contributed by atoms with Crippen LogP contribution in [0.25, 0.3) is 0 Å². The molecule has 1 amide bonds. The molecule has 3 rings (SSSR count). The van der Waals surface area contributed by atoms with Gasteiger partial charge in [-0.05, 0) is 50.3 Å². The molecule has 27 heavy (non-hydrogen) atoms. The molecule has 1 atom stereocenters. The minimum absolute atomic E-state index is 0.0453. The molecular formula is C18H17FN2O5S. The Hall–Kier alpha value is -2.81. The maximum atomic E-state index is 13.4. The molecule has 2 aromatic rings. The summed E-state index contributed by atoms with van der Waals surface area (Å²) in [7, 11) is 0. The first-order chi connectivity index (χ1) is 12.9. The van der Waals surface area contributed by atoms with Gasteiger partial charge in [-0.3, -0.25) is 14.9 Å². The molecule has 142 valence electrons. The SMILES string of the molecule is C[C@H](OC(=O)c1csc2c1CCCC2)C(=O)Nc1ccc(F)c([N+](=O)[O-])c1. The first kappa shape index (κ1) is 19.0. The largest absolute Gasteiger partial charge is 0.449 e. The van der Waals surface area contributed by atoms with Crippen LogP contribution >= 0.6 is 11.3 Å². The second-order valence-corrected chi connectivity index (χ2v) is 7.18. The molecule has 1 aliphatic rings. The molecule has 0 saturated heterocycles. The maximum absolute atomic E-state index is 13.4. The highest BCUT2D eigenvalue weighted by atomic mass is 32.1. The number of nitro benzene ring substituents is 1. The molecule has 1 aromatic heterocycles. The highest BCUT2D eigenvalue weighted by Crippen LogP contribution is 2.31. The van der Waals surface area contributed by atoms with Crippen molar-refractivity contribution in [2.75, 3.05) is 5.32 Å². The highest BCUT2D eigenvalue weighted by molar-refractivity contribution is 7.10. The van der Waals surface area contributed by atoms with Crippen molar-refractivity contribution in [3.05, 3.63) is 55.5 Å². The third-order valence-corrected chi connectivity index (χ3v) is 5.43. The fourth-order valence-corrected chi connectivity index (χ4v) is 4.03. The first-order valence-corrected chi connectivity index (χ1v) is 9.30. The standard InChI is InChI=1S/C18H17FN2O5S/c1-10(17(22)20-11-6-7-14(19)15(8-11)21(24)25)26-18(23)13-9-27-16-5-3-2-4-12(13)16/h6-10H,2-5H2,1H3,(H,20,22)/t10-/m0/s1. The third kappa shape index (κ3) is 4.13. The van der Waals surface area contributed by atoms with Gasteiger partial charge in [0.15, 0.2) is 6.10 Å². The van der Waals surface area contributed by atoms with E-state index in [1.807, 2.05) is 0 Å². The lowest BCUT2D eigenvalue weighted by Crippen LogP contribution is -2.30. The van der Waals surface area contributed by atoms with Gasteiger partial charge in [0.1, 0.15) is 0 Å². The number of amides is 1. The molecule has 1 aromatic carbocycles. The lowest BCUT2D eigenvalue weighted by molar-refractivity contribution is -0.387. The highest BCUT2D eigenvalue weighted by Gasteiger charge is 2.25. The molecule has 0 fully saturated rings. The van der Waals surface area contributed by atoms with Crippen molar-refractivity contribution in [3.8, 4) is 0 Å². The van der Waals surface area contributed by atoms with Gasteiger partial charge in [0.25, 0.3) is 5.91 Å². The zero-order chi connectivity index (χ0) is 19.6. The second kappa shape index (κ2) is 7.83. The van der Waals surface area contributed by atoms with Gasteiger partial charge in [0, 0.05) is 22.0 Å². The number of nitro groups is 1. The fraction of sp³-hybridized carbons (Fsp3) is 0.333. The molecule has 0 bridgehead atoms. The van der Waals surface area contributed by atoms with Crippen molar-refractivity contribution in [1.82, 2.24) is 0 Å². The van der Waals surface area contributed by atoms with E-state index < -0.39 is 34.4 Å². The Bertz CT molecular complexity index is 911. The Morgan fingerprint density at radius 1 is 1.33 bits per heavy atom. The van der Waals surface area contributed by atoms with E-state index in [2.05, 4.69) is 5.32 Å². The number of nitrogens with one attached hydrogen (secondary N) is 1. The van der Waals surface area contributed by atoms with E-state index in [0.717, 1.165) is 43.4 Å². The lowest BCUT2D eigenvalue weighted by Gasteiger charge is -2.15. The second-order valence-electron chi connectivity index (χ2n) is 6.22.